The third kappa shape index (κ3) is 1.44. The molecule has 0 amide bonds. The number of hydrogen-bond donors (Lipinski definition) is 0. The zero-order valence-corrected chi connectivity index (χ0v) is 8.19. The molecule has 2 heterocycles. The Labute approximate surface area is 79.6 Å². The van der Waals surface area contributed by atoms with Gasteiger partial charge in [0, 0.05) is 11.4 Å². The predicted molar refractivity (Wildman–Crippen MR) is 49.3 cm³/mol. The molecule has 0 spiro atoms. The van der Waals surface area contributed by atoms with Crippen LogP contribution in [0.3, 0.4) is 0 Å². The minimum atomic E-state index is 0.340. The molecule has 0 unspecified atom stereocenters. The summed E-state index contributed by atoms with van der Waals surface area (Å²) in [6.45, 7) is 4.15. The Kier molecular flexibility index (Phi) is 2.05. The number of rotatable bonds is 2. The molecule has 0 aliphatic carbocycles. The molecule has 2 aromatic heterocycles. The summed E-state index contributed by atoms with van der Waals surface area (Å²) in [6.07, 6.45) is 1.71. The lowest BCUT2D eigenvalue weighted by atomic mass is 10.3. The molecule has 0 atom stereocenters. The first-order valence-electron chi connectivity index (χ1n) is 3.96. The van der Waals surface area contributed by atoms with Gasteiger partial charge >= 0.3 is 0 Å². The number of nitrogens with zero attached hydrogens (tertiary/aromatic N) is 5. The minimum Gasteiger partial charge on any atom is -0.310 e. The van der Waals surface area contributed by atoms with E-state index in [0.29, 0.717) is 6.04 Å². The summed E-state index contributed by atoms with van der Waals surface area (Å²) < 4.78 is 5.76. The molecule has 2 aromatic rings. The van der Waals surface area contributed by atoms with Crippen molar-refractivity contribution in [3.05, 3.63) is 11.7 Å². The zero-order chi connectivity index (χ0) is 9.26. The molecule has 0 N–H and O–H groups in total. The van der Waals surface area contributed by atoms with Crippen molar-refractivity contribution in [1.29, 1.82) is 0 Å². The summed E-state index contributed by atoms with van der Waals surface area (Å²) in [5.41, 5.74) is 0.788. The normalized spacial score (nSPS) is 11.0. The van der Waals surface area contributed by atoms with E-state index >= 15 is 0 Å². The lowest BCUT2D eigenvalue weighted by Gasteiger charge is -2.07. The molecule has 5 nitrogen and oxygen atoms in total. The van der Waals surface area contributed by atoms with Crippen molar-refractivity contribution in [3.63, 3.8) is 0 Å². The van der Waals surface area contributed by atoms with Crippen LogP contribution in [-0.4, -0.2) is 24.4 Å². The quantitative estimate of drug-likeness (QED) is 0.726. The highest BCUT2D eigenvalue weighted by atomic mass is 32.1. The Hall–Kier alpha value is -1.30. The van der Waals surface area contributed by atoms with Crippen LogP contribution in [0.4, 0.5) is 0 Å². The summed E-state index contributed by atoms with van der Waals surface area (Å²) >= 11 is 1.32. The van der Waals surface area contributed by atoms with Crippen LogP contribution in [0.15, 0.2) is 11.7 Å². The van der Waals surface area contributed by atoms with Gasteiger partial charge in [-0.1, -0.05) is 4.49 Å². The van der Waals surface area contributed by atoms with Gasteiger partial charge in [-0.05, 0) is 25.4 Å². The van der Waals surface area contributed by atoms with E-state index in [1.807, 2.05) is 9.95 Å². The van der Waals surface area contributed by atoms with Gasteiger partial charge in [-0.25, -0.2) is 0 Å². The highest BCUT2D eigenvalue weighted by molar-refractivity contribution is 7.03. The van der Waals surface area contributed by atoms with Gasteiger partial charge in [0.05, 0.1) is 0 Å². The third-order valence-electron chi connectivity index (χ3n) is 1.72. The Morgan fingerprint density at radius 1 is 1.38 bits per heavy atom. The smallest absolute Gasteiger partial charge is 0.185 e. The molecule has 0 aliphatic rings. The van der Waals surface area contributed by atoms with Gasteiger partial charge in [0.15, 0.2) is 5.82 Å². The Morgan fingerprint density at radius 3 is 2.85 bits per heavy atom. The average molecular weight is 195 g/mol. The molecule has 0 aromatic carbocycles. The van der Waals surface area contributed by atoms with Crippen molar-refractivity contribution < 1.29 is 0 Å². The van der Waals surface area contributed by atoms with Crippen LogP contribution < -0.4 is 0 Å². The fourth-order valence-electron chi connectivity index (χ4n) is 1.07. The van der Waals surface area contributed by atoms with Crippen LogP contribution in [0, 0.1) is 0 Å². The maximum absolute atomic E-state index is 4.00. The van der Waals surface area contributed by atoms with Crippen molar-refractivity contribution >= 4 is 11.5 Å². The van der Waals surface area contributed by atoms with Crippen molar-refractivity contribution in [2.45, 2.75) is 19.9 Å². The number of hydrogen-bond acceptors (Lipinski definition) is 5. The van der Waals surface area contributed by atoms with E-state index in [4.69, 9.17) is 0 Å². The SMILES string of the molecule is CC(C)n1cnnc1-c1csnn1. The van der Waals surface area contributed by atoms with Crippen molar-refractivity contribution in [2.75, 3.05) is 0 Å². The van der Waals surface area contributed by atoms with Crippen LogP contribution in [0.5, 0.6) is 0 Å². The van der Waals surface area contributed by atoms with Crippen LogP contribution in [0.1, 0.15) is 19.9 Å². The predicted octanol–water partition coefficient (Wildman–Crippen LogP) is 1.38. The van der Waals surface area contributed by atoms with Crippen LogP contribution in [0.25, 0.3) is 11.5 Å². The van der Waals surface area contributed by atoms with Crippen LogP contribution in [0.2, 0.25) is 0 Å². The van der Waals surface area contributed by atoms with Gasteiger partial charge < -0.3 is 4.57 Å². The maximum Gasteiger partial charge on any atom is 0.185 e. The fourth-order valence-corrected chi connectivity index (χ4v) is 1.50. The highest BCUT2D eigenvalue weighted by Gasteiger charge is 2.11. The first-order valence-corrected chi connectivity index (χ1v) is 4.79. The van der Waals surface area contributed by atoms with E-state index in [1.165, 1.54) is 11.5 Å². The van der Waals surface area contributed by atoms with Gasteiger partial charge in [-0.2, -0.15) is 0 Å². The third-order valence-corrected chi connectivity index (χ3v) is 2.22. The van der Waals surface area contributed by atoms with E-state index in [-0.39, 0.29) is 0 Å². The second kappa shape index (κ2) is 3.21. The van der Waals surface area contributed by atoms with Crippen LogP contribution in [-0.2, 0) is 0 Å². The Morgan fingerprint density at radius 2 is 2.23 bits per heavy atom. The standard InChI is InChI=1S/C7H9N5S/c1-5(2)12-4-8-10-7(12)6-3-13-11-9-6/h3-5H,1-2H3. The minimum absolute atomic E-state index is 0.340. The molecule has 0 radical (unpaired) electrons. The molecule has 68 valence electrons. The molecule has 2 rings (SSSR count). The summed E-state index contributed by atoms with van der Waals surface area (Å²) in [5.74, 6) is 0.781. The Bertz CT molecular complexity index is 377. The lowest BCUT2D eigenvalue weighted by molar-refractivity contribution is 0.603. The molecule has 0 bridgehead atoms. The first-order chi connectivity index (χ1) is 6.29. The monoisotopic (exact) mass is 195 g/mol. The largest absolute Gasteiger partial charge is 0.310 e. The number of aromatic nitrogens is 5. The Balaban J connectivity index is 2.46. The summed E-state index contributed by atoms with van der Waals surface area (Å²) in [4.78, 5) is 0. The van der Waals surface area contributed by atoms with Crippen LogP contribution >= 0.6 is 11.5 Å². The second-order valence-electron chi connectivity index (χ2n) is 2.95. The zero-order valence-electron chi connectivity index (χ0n) is 7.38. The summed E-state index contributed by atoms with van der Waals surface area (Å²) in [6, 6.07) is 0.340. The maximum atomic E-state index is 4.00. The summed E-state index contributed by atoms with van der Waals surface area (Å²) in [7, 11) is 0. The molecule has 0 fully saturated rings. The summed E-state index contributed by atoms with van der Waals surface area (Å²) in [5, 5.41) is 13.7. The molecular formula is C7H9N5S. The second-order valence-corrected chi connectivity index (χ2v) is 3.56. The van der Waals surface area contributed by atoms with E-state index in [2.05, 4.69) is 33.6 Å². The van der Waals surface area contributed by atoms with E-state index < -0.39 is 0 Å². The molecule has 0 saturated heterocycles. The van der Waals surface area contributed by atoms with E-state index in [9.17, 15) is 0 Å². The van der Waals surface area contributed by atoms with Gasteiger partial charge in [0.1, 0.15) is 12.0 Å². The van der Waals surface area contributed by atoms with Gasteiger partial charge in [0.2, 0.25) is 0 Å². The van der Waals surface area contributed by atoms with Gasteiger partial charge in [-0.15, -0.1) is 15.3 Å². The highest BCUT2D eigenvalue weighted by Crippen LogP contribution is 2.17. The lowest BCUT2D eigenvalue weighted by Crippen LogP contribution is -2.01. The van der Waals surface area contributed by atoms with Crippen molar-refractivity contribution in [2.24, 2.45) is 0 Å². The average Bonchev–Trinajstić information content (AvgIpc) is 2.74. The van der Waals surface area contributed by atoms with Crippen molar-refractivity contribution in [1.82, 2.24) is 24.4 Å². The van der Waals surface area contributed by atoms with Crippen molar-refractivity contribution in [3.8, 4) is 11.5 Å². The topological polar surface area (TPSA) is 56.5 Å². The van der Waals surface area contributed by atoms with Gasteiger partial charge in [0.25, 0.3) is 0 Å². The van der Waals surface area contributed by atoms with E-state index in [0.717, 1.165) is 11.5 Å². The van der Waals surface area contributed by atoms with Gasteiger partial charge in [-0.3, -0.25) is 0 Å². The molecule has 13 heavy (non-hydrogen) atoms. The molecule has 0 aliphatic heterocycles. The molecule has 6 heteroatoms. The fraction of sp³-hybridized carbons (Fsp3) is 0.429. The molecule has 0 saturated carbocycles. The molecular weight excluding hydrogens is 186 g/mol. The van der Waals surface area contributed by atoms with E-state index in [1.54, 1.807) is 6.33 Å². The first kappa shape index (κ1) is 8.31.